The molecule has 1 unspecified atom stereocenters. The van der Waals surface area contributed by atoms with Crippen LogP contribution in [0.25, 0.3) is 0 Å². The van der Waals surface area contributed by atoms with Crippen LogP contribution in [0.2, 0.25) is 0 Å². The maximum Gasteiger partial charge on any atom is 0.208 e. The smallest absolute Gasteiger partial charge is 0.208 e. The van der Waals surface area contributed by atoms with Crippen LogP contribution in [0.4, 0.5) is 0 Å². The SMILES string of the molecule is CC1CN=C(N(N)CCc2ccccc2)N1. The Morgan fingerprint density at radius 2 is 2.19 bits per heavy atom. The highest BCUT2D eigenvalue weighted by molar-refractivity contribution is 5.81. The zero-order chi connectivity index (χ0) is 11.4. The summed E-state index contributed by atoms with van der Waals surface area (Å²) < 4.78 is 0. The molecule has 86 valence electrons. The van der Waals surface area contributed by atoms with Crippen molar-refractivity contribution >= 4 is 5.96 Å². The lowest BCUT2D eigenvalue weighted by Gasteiger charge is -2.19. The van der Waals surface area contributed by atoms with Crippen LogP contribution in [0.15, 0.2) is 35.3 Å². The Labute approximate surface area is 96.1 Å². The molecular weight excluding hydrogens is 200 g/mol. The van der Waals surface area contributed by atoms with Gasteiger partial charge in [0.2, 0.25) is 5.96 Å². The highest BCUT2D eigenvalue weighted by atomic mass is 15.5. The molecule has 0 aliphatic carbocycles. The number of benzene rings is 1. The van der Waals surface area contributed by atoms with Crippen LogP contribution in [-0.4, -0.2) is 30.1 Å². The average Bonchev–Trinajstić information content (AvgIpc) is 2.74. The molecule has 3 N–H and O–H groups in total. The second-order valence-corrected chi connectivity index (χ2v) is 4.14. The Kier molecular flexibility index (Phi) is 3.41. The van der Waals surface area contributed by atoms with E-state index in [0.29, 0.717) is 6.04 Å². The second kappa shape index (κ2) is 4.99. The minimum atomic E-state index is 0.401. The van der Waals surface area contributed by atoms with Gasteiger partial charge in [0.1, 0.15) is 0 Å². The highest BCUT2D eigenvalue weighted by Gasteiger charge is 2.16. The van der Waals surface area contributed by atoms with Gasteiger partial charge in [-0.3, -0.25) is 5.01 Å². The predicted octanol–water partition coefficient (Wildman–Crippen LogP) is 0.752. The molecule has 0 fully saturated rings. The van der Waals surface area contributed by atoms with Gasteiger partial charge in [0.05, 0.1) is 6.54 Å². The van der Waals surface area contributed by atoms with E-state index in [1.807, 2.05) is 18.2 Å². The summed E-state index contributed by atoms with van der Waals surface area (Å²) >= 11 is 0. The third kappa shape index (κ3) is 2.73. The van der Waals surface area contributed by atoms with Crippen molar-refractivity contribution in [3.05, 3.63) is 35.9 Å². The molecule has 0 aromatic heterocycles. The Morgan fingerprint density at radius 1 is 1.44 bits per heavy atom. The van der Waals surface area contributed by atoms with Crippen molar-refractivity contribution in [3.63, 3.8) is 0 Å². The van der Waals surface area contributed by atoms with Crippen LogP contribution in [0.5, 0.6) is 0 Å². The topological polar surface area (TPSA) is 53.6 Å². The standard InChI is InChI=1S/C12H18N4/c1-10-9-14-12(15-10)16(13)8-7-11-5-3-2-4-6-11/h2-6,10H,7-9,13H2,1H3,(H,14,15). The Bertz CT molecular complexity index is 361. The summed E-state index contributed by atoms with van der Waals surface area (Å²) in [7, 11) is 0. The molecule has 0 bridgehead atoms. The van der Waals surface area contributed by atoms with Crippen LogP contribution >= 0.6 is 0 Å². The minimum Gasteiger partial charge on any atom is -0.351 e. The first-order valence-electron chi connectivity index (χ1n) is 5.63. The molecule has 0 saturated heterocycles. The van der Waals surface area contributed by atoms with E-state index >= 15 is 0 Å². The van der Waals surface area contributed by atoms with Gasteiger partial charge in [0.15, 0.2) is 0 Å². The van der Waals surface area contributed by atoms with Gasteiger partial charge in [-0.1, -0.05) is 30.3 Å². The van der Waals surface area contributed by atoms with Crippen molar-refractivity contribution in [3.8, 4) is 0 Å². The molecule has 1 heterocycles. The highest BCUT2D eigenvalue weighted by Crippen LogP contribution is 2.02. The molecule has 1 aromatic rings. The first kappa shape index (κ1) is 11.0. The average molecular weight is 218 g/mol. The first-order chi connectivity index (χ1) is 7.75. The Balaban J connectivity index is 1.82. The summed E-state index contributed by atoms with van der Waals surface area (Å²) in [4.78, 5) is 4.34. The fourth-order valence-electron chi connectivity index (χ4n) is 1.71. The first-order valence-corrected chi connectivity index (χ1v) is 5.63. The second-order valence-electron chi connectivity index (χ2n) is 4.14. The van der Waals surface area contributed by atoms with Crippen LogP contribution < -0.4 is 11.2 Å². The van der Waals surface area contributed by atoms with Gasteiger partial charge in [0, 0.05) is 12.6 Å². The van der Waals surface area contributed by atoms with Gasteiger partial charge >= 0.3 is 0 Å². The molecular formula is C12H18N4. The zero-order valence-corrected chi connectivity index (χ0v) is 9.56. The fourth-order valence-corrected chi connectivity index (χ4v) is 1.71. The largest absolute Gasteiger partial charge is 0.351 e. The lowest BCUT2D eigenvalue weighted by atomic mass is 10.1. The summed E-state index contributed by atoms with van der Waals surface area (Å²) in [5, 5.41) is 4.93. The van der Waals surface area contributed by atoms with Crippen LogP contribution in [0, 0.1) is 0 Å². The monoisotopic (exact) mass is 218 g/mol. The predicted molar refractivity (Wildman–Crippen MR) is 65.9 cm³/mol. The zero-order valence-electron chi connectivity index (χ0n) is 9.56. The van der Waals surface area contributed by atoms with Gasteiger partial charge in [-0.25, -0.2) is 10.8 Å². The Hall–Kier alpha value is -1.55. The molecule has 0 amide bonds. The molecule has 0 saturated carbocycles. The van der Waals surface area contributed by atoms with E-state index < -0.39 is 0 Å². The molecule has 16 heavy (non-hydrogen) atoms. The third-order valence-electron chi connectivity index (χ3n) is 2.65. The van der Waals surface area contributed by atoms with E-state index in [1.165, 1.54) is 5.56 Å². The van der Waals surface area contributed by atoms with Crippen molar-refractivity contribution in [2.75, 3.05) is 13.1 Å². The molecule has 1 atom stereocenters. The number of nitrogens with zero attached hydrogens (tertiary/aromatic N) is 2. The molecule has 1 aliphatic heterocycles. The van der Waals surface area contributed by atoms with Crippen molar-refractivity contribution in [2.24, 2.45) is 10.8 Å². The summed E-state index contributed by atoms with van der Waals surface area (Å²) in [6.07, 6.45) is 0.937. The van der Waals surface area contributed by atoms with Gasteiger partial charge in [0.25, 0.3) is 0 Å². The molecule has 4 heteroatoms. The maximum atomic E-state index is 5.93. The van der Waals surface area contributed by atoms with Crippen molar-refractivity contribution < 1.29 is 0 Å². The lowest BCUT2D eigenvalue weighted by molar-refractivity contribution is 0.429. The van der Waals surface area contributed by atoms with E-state index in [9.17, 15) is 0 Å². The summed E-state index contributed by atoms with van der Waals surface area (Å²) in [6.45, 7) is 3.69. The molecule has 0 radical (unpaired) electrons. The summed E-state index contributed by atoms with van der Waals surface area (Å²) in [6, 6.07) is 10.7. The lowest BCUT2D eigenvalue weighted by Crippen LogP contribution is -2.46. The number of aliphatic imine (C=N–C) groups is 1. The van der Waals surface area contributed by atoms with Crippen LogP contribution in [0.1, 0.15) is 12.5 Å². The molecule has 4 nitrogen and oxygen atoms in total. The number of guanidine groups is 1. The van der Waals surface area contributed by atoms with Gasteiger partial charge in [-0.15, -0.1) is 0 Å². The minimum absolute atomic E-state index is 0.401. The number of hydrazine groups is 1. The molecule has 1 aromatic carbocycles. The summed E-state index contributed by atoms with van der Waals surface area (Å²) in [5.41, 5.74) is 1.30. The van der Waals surface area contributed by atoms with E-state index in [4.69, 9.17) is 5.84 Å². The number of rotatable bonds is 3. The van der Waals surface area contributed by atoms with Crippen LogP contribution in [-0.2, 0) is 6.42 Å². The van der Waals surface area contributed by atoms with E-state index in [1.54, 1.807) is 5.01 Å². The maximum absolute atomic E-state index is 5.93. The van der Waals surface area contributed by atoms with Crippen molar-refractivity contribution in [1.82, 2.24) is 10.3 Å². The van der Waals surface area contributed by atoms with Crippen molar-refractivity contribution in [2.45, 2.75) is 19.4 Å². The third-order valence-corrected chi connectivity index (χ3v) is 2.65. The van der Waals surface area contributed by atoms with E-state index in [0.717, 1.165) is 25.5 Å². The quantitative estimate of drug-likeness (QED) is 0.581. The van der Waals surface area contributed by atoms with E-state index in [2.05, 4.69) is 29.4 Å². The van der Waals surface area contributed by atoms with Gasteiger partial charge in [-0.05, 0) is 18.9 Å². The molecule has 0 spiro atoms. The molecule has 1 aliphatic rings. The van der Waals surface area contributed by atoms with Gasteiger partial charge < -0.3 is 5.32 Å². The normalized spacial score (nSPS) is 19.1. The van der Waals surface area contributed by atoms with Gasteiger partial charge in [-0.2, -0.15) is 0 Å². The molecule has 2 rings (SSSR count). The van der Waals surface area contributed by atoms with Crippen LogP contribution in [0.3, 0.4) is 0 Å². The fraction of sp³-hybridized carbons (Fsp3) is 0.417. The summed E-state index contributed by atoms with van der Waals surface area (Å²) in [5.74, 6) is 6.74. The Morgan fingerprint density at radius 3 is 2.81 bits per heavy atom. The number of nitrogens with two attached hydrogens (primary N) is 1. The van der Waals surface area contributed by atoms with E-state index in [-0.39, 0.29) is 0 Å². The number of hydrogen-bond acceptors (Lipinski definition) is 4. The number of nitrogens with one attached hydrogen (secondary N) is 1. The van der Waals surface area contributed by atoms with Crippen molar-refractivity contribution in [1.29, 1.82) is 0 Å². The number of hydrogen-bond donors (Lipinski definition) is 2.